The first-order chi connectivity index (χ1) is 10.1. The molecule has 5 nitrogen and oxygen atoms in total. The molecule has 1 aliphatic heterocycles. The molecule has 1 aromatic carbocycles. The van der Waals surface area contributed by atoms with Gasteiger partial charge >= 0.3 is 0 Å². The molecule has 0 unspecified atom stereocenters. The lowest BCUT2D eigenvalue weighted by molar-refractivity contribution is 0.359. The highest BCUT2D eigenvalue weighted by molar-refractivity contribution is 9.10. The van der Waals surface area contributed by atoms with Gasteiger partial charge in [-0.1, -0.05) is 28.1 Å². The summed E-state index contributed by atoms with van der Waals surface area (Å²) < 4.78 is 27.5. The molecule has 2 aromatic rings. The van der Waals surface area contributed by atoms with E-state index >= 15 is 0 Å². The van der Waals surface area contributed by atoms with E-state index in [0.717, 1.165) is 15.0 Å². The summed E-state index contributed by atoms with van der Waals surface area (Å²) in [6.07, 6.45) is 0. The molecule has 1 aliphatic rings. The number of halogens is 2. The van der Waals surface area contributed by atoms with Crippen LogP contribution in [0.15, 0.2) is 39.1 Å². The Morgan fingerprint density at radius 3 is 2.45 bits per heavy atom. The van der Waals surface area contributed by atoms with Gasteiger partial charge in [0, 0.05) is 41.6 Å². The fourth-order valence-corrected chi connectivity index (χ4v) is 4.90. The van der Waals surface area contributed by atoms with Crippen molar-refractivity contribution < 1.29 is 8.42 Å². The van der Waals surface area contributed by atoms with Crippen molar-refractivity contribution in [1.29, 1.82) is 0 Å². The number of nitrogens with zero attached hydrogens (tertiary/aromatic N) is 2. The van der Waals surface area contributed by atoms with Gasteiger partial charge in [-0.15, -0.1) is 23.7 Å². The van der Waals surface area contributed by atoms with Crippen molar-refractivity contribution >= 4 is 49.7 Å². The molecule has 0 bridgehead atoms. The van der Waals surface area contributed by atoms with Crippen LogP contribution < -0.4 is 5.32 Å². The molecule has 0 radical (unpaired) electrons. The predicted octanol–water partition coefficient (Wildman–Crippen LogP) is 2.59. The molecule has 1 aromatic heterocycles. The molecule has 0 aliphatic carbocycles. The molecular formula is C13H15BrClN3O2S2. The maximum absolute atomic E-state index is 12.5. The van der Waals surface area contributed by atoms with Crippen LogP contribution in [0.4, 0.5) is 0 Å². The number of aromatic nitrogens is 1. The average molecular weight is 425 g/mol. The first kappa shape index (κ1) is 17.8. The van der Waals surface area contributed by atoms with Crippen LogP contribution in [-0.2, 0) is 10.0 Å². The van der Waals surface area contributed by atoms with Gasteiger partial charge < -0.3 is 5.32 Å². The number of nitrogens with one attached hydrogen (secondary N) is 1. The summed E-state index contributed by atoms with van der Waals surface area (Å²) in [5.41, 5.74) is 0.921. The Kier molecular flexibility index (Phi) is 5.98. The number of hydrogen-bond donors (Lipinski definition) is 1. The lowest BCUT2D eigenvalue weighted by Gasteiger charge is -2.25. The van der Waals surface area contributed by atoms with Crippen LogP contribution in [0.25, 0.3) is 10.6 Å². The fourth-order valence-electron chi connectivity index (χ4n) is 2.12. The highest BCUT2D eigenvalue weighted by Gasteiger charge is 2.28. The molecule has 3 rings (SSSR count). The summed E-state index contributed by atoms with van der Waals surface area (Å²) in [6, 6.07) is 7.68. The summed E-state index contributed by atoms with van der Waals surface area (Å²) in [6.45, 7) is 2.35. The lowest BCUT2D eigenvalue weighted by atomic mass is 10.2. The van der Waals surface area contributed by atoms with E-state index in [0.29, 0.717) is 26.2 Å². The zero-order chi connectivity index (χ0) is 14.9. The molecular weight excluding hydrogens is 410 g/mol. The van der Waals surface area contributed by atoms with Crippen LogP contribution in [0.3, 0.4) is 0 Å². The molecule has 0 saturated carbocycles. The Balaban J connectivity index is 0.00000176. The van der Waals surface area contributed by atoms with Crippen molar-refractivity contribution in [3.05, 3.63) is 34.1 Å². The number of rotatable bonds is 3. The Hall–Kier alpha value is -0.510. The SMILES string of the molecule is Cl.O=S(=O)(c1csc(-c2ccc(Br)cc2)n1)N1CCNCC1. The third-order valence-electron chi connectivity index (χ3n) is 3.25. The highest BCUT2D eigenvalue weighted by Crippen LogP contribution is 2.28. The van der Waals surface area contributed by atoms with Gasteiger partial charge in [0.1, 0.15) is 5.01 Å². The maximum Gasteiger partial charge on any atom is 0.261 e. The smallest absolute Gasteiger partial charge is 0.261 e. The zero-order valence-corrected chi connectivity index (χ0v) is 15.6. The number of thiazole rings is 1. The monoisotopic (exact) mass is 423 g/mol. The molecule has 2 heterocycles. The maximum atomic E-state index is 12.5. The van der Waals surface area contributed by atoms with E-state index in [1.165, 1.54) is 15.6 Å². The van der Waals surface area contributed by atoms with E-state index in [1.54, 1.807) is 5.38 Å². The van der Waals surface area contributed by atoms with Crippen LogP contribution in [0.1, 0.15) is 0 Å². The van der Waals surface area contributed by atoms with Crippen LogP contribution >= 0.6 is 39.7 Å². The van der Waals surface area contributed by atoms with E-state index in [9.17, 15) is 8.42 Å². The average Bonchev–Trinajstić information content (AvgIpc) is 2.99. The van der Waals surface area contributed by atoms with Crippen LogP contribution in [0.2, 0.25) is 0 Å². The van der Waals surface area contributed by atoms with Gasteiger partial charge in [-0.3, -0.25) is 0 Å². The van der Waals surface area contributed by atoms with Crippen molar-refractivity contribution in [2.75, 3.05) is 26.2 Å². The normalized spacial score (nSPS) is 16.2. The van der Waals surface area contributed by atoms with Gasteiger partial charge in [0.25, 0.3) is 10.0 Å². The molecule has 9 heteroatoms. The Morgan fingerprint density at radius 2 is 1.82 bits per heavy atom. The minimum atomic E-state index is -3.47. The number of benzene rings is 1. The number of piperazine rings is 1. The zero-order valence-electron chi connectivity index (χ0n) is 11.5. The summed E-state index contributed by atoms with van der Waals surface area (Å²) in [5, 5.41) is 5.63. The van der Waals surface area contributed by atoms with Gasteiger partial charge in [0.05, 0.1) is 0 Å². The molecule has 1 saturated heterocycles. The highest BCUT2D eigenvalue weighted by atomic mass is 79.9. The molecule has 0 spiro atoms. The van der Waals surface area contributed by atoms with Crippen LogP contribution in [0, 0.1) is 0 Å². The van der Waals surface area contributed by atoms with E-state index in [2.05, 4.69) is 26.2 Å². The molecule has 120 valence electrons. The summed E-state index contributed by atoms with van der Waals surface area (Å²) in [7, 11) is -3.47. The Labute approximate surface area is 148 Å². The summed E-state index contributed by atoms with van der Waals surface area (Å²) in [4.78, 5) is 4.31. The van der Waals surface area contributed by atoms with E-state index < -0.39 is 10.0 Å². The van der Waals surface area contributed by atoms with E-state index in [-0.39, 0.29) is 17.4 Å². The first-order valence-corrected chi connectivity index (χ1v) is 9.61. The Morgan fingerprint density at radius 1 is 1.18 bits per heavy atom. The lowest BCUT2D eigenvalue weighted by Crippen LogP contribution is -2.46. The van der Waals surface area contributed by atoms with Crippen molar-refractivity contribution in [2.45, 2.75) is 5.03 Å². The Bertz CT molecular complexity index is 728. The number of sulfonamides is 1. The van der Waals surface area contributed by atoms with Crippen molar-refractivity contribution in [2.24, 2.45) is 0 Å². The van der Waals surface area contributed by atoms with E-state index in [4.69, 9.17) is 0 Å². The van der Waals surface area contributed by atoms with Crippen molar-refractivity contribution in [3.8, 4) is 10.6 Å². The second kappa shape index (κ2) is 7.37. The summed E-state index contributed by atoms with van der Waals surface area (Å²) in [5.74, 6) is 0. The topological polar surface area (TPSA) is 62.3 Å². The molecule has 22 heavy (non-hydrogen) atoms. The van der Waals surface area contributed by atoms with Gasteiger partial charge in [0.2, 0.25) is 0 Å². The van der Waals surface area contributed by atoms with Crippen molar-refractivity contribution in [1.82, 2.24) is 14.6 Å². The molecule has 0 amide bonds. The fraction of sp³-hybridized carbons (Fsp3) is 0.308. The standard InChI is InChI=1S/C13H14BrN3O2S2.ClH/c14-11-3-1-10(2-4-11)13-16-12(9-20-13)21(18,19)17-7-5-15-6-8-17;/h1-4,9,15H,5-8H2;1H. The largest absolute Gasteiger partial charge is 0.314 e. The van der Waals surface area contributed by atoms with Gasteiger partial charge in [-0.25, -0.2) is 13.4 Å². The quantitative estimate of drug-likeness (QED) is 0.822. The molecule has 1 N–H and O–H groups in total. The third-order valence-corrected chi connectivity index (χ3v) is 6.61. The molecule has 1 fully saturated rings. The second-order valence-electron chi connectivity index (χ2n) is 4.65. The summed E-state index contributed by atoms with van der Waals surface area (Å²) >= 11 is 4.73. The number of hydrogen-bond acceptors (Lipinski definition) is 5. The van der Waals surface area contributed by atoms with E-state index in [1.807, 2.05) is 24.3 Å². The third kappa shape index (κ3) is 3.69. The minimum absolute atomic E-state index is 0. The van der Waals surface area contributed by atoms with Crippen LogP contribution in [-0.4, -0.2) is 43.9 Å². The molecule has 0 atom stereocenters. The minimum Gasteiger partial charge on any atom is -0.314 e. The van der Waals surface area contributed by atoms with Crippen LogP contribution in [0.5, 0.6) is 0 Å². The van der Waals surface area contributed by atoms with Gasteiger partial charge in [-0.05, 0) is 12.1 Å². The first-order valence-electron chi connectivity index (χ1n) is 6.50. The van der Waals surface area contributed by atoms with Crippen molar-refractivity contribution in [3.63, 3.8) is 0 Å². The predicted molar refractivity (Wildman–Crippen MR) is 94.1 cm³/mol. The second-order valence-corrected chi connectivity index (χ2v) is 8.31. The van der Waals surface area contributed by atoms with Gasteiger partial charge in [0.15, 0.2) is 5.03 Å². The van der Waals surface area contributed by atoms with Gasteiger partial charge in [-0.2, -0.15) is 4.31 Å².